The number of hydrogen-bond donors (Lipinski definition) is 2. The number of aromatic hydroxyl groups is 1. The number of alkyl halides is 3. The predicted molar refractivity (Wildman–Crippen MR) is 96.4 cm³/mol. The molecule has 152 valence electrons. The van der Waals surface area contributed by atoms with Crippen LogP contribution in [0.25, 0.3) is 0 Å². The van der Waals surface area contributed by atoms with Crippen LogP contribution in [0.2, 0.25) is 0 Å². The largest absolute Gasteiger partial charge is 0.573 e. The first-order valence-electron chi connectivity index (χ1n) is 8.57. The molecule has 0 fully saturated rings. The van der Waals surface area contributed by atoms with Gasteiger partial charge in [-0.25, -0.2) is 0 Å². The third-order valence-electron chi connectivity index (χ3n) is 4.39. The van der Waals surface area contributed by atoms with Crippen molar-refractivity contribution in [2.24, 2.45) is 0 Å². The number of carbonyl (C=O) groups excluding carboxylic acids is 2. The molecule has 1 heterocycles. The van der Waals surface area contributed by atoms with E-state index in [4.69, 9.17) is 0 Å². The first kappa shape index (κ1) is 20.2. The van der Waals surface area contributed by atoms with E-state index in [0.29, 0.717) is 5.56 Å². The fourth-order valence-corrected chi connectivity index (χ4v) is 3.13. The lowest BCUT2D eigenvalue weighted by Crippen LogP contribution is -2.31. The zero-order valence-electron chi connectivity index (χ0n) is 15.1. The number of benzene rings is 2. The molecule has 9 heteroatoms. The highest BCUT2D eigenvalue weighted by atomic mass is 19.4. The summed E-state index contributed by atoms with van der Waals surface area (Å²) in [7, 11) is 0. The number of amides is 1. The maximum Gasteiger partial charge on any atom is 0.573 e. The van der Waals surface area contributed by atoms with Gasteiger partial charge in [0.2, 0.25) is 0 Å². The summed E-state index contributed by atoms with van der Waals surface area (Å²) in [6.45, 7) is 1.58. The smallest absolute Gasteiger partial charge is 0.508 e. The van der Waals surface area contributed by atoms with Crippen molar-refractivity contribution in [1.82, 2.24) is 0 Å². The zero-order chi connectivity index (χ0) is 21.3. The van der Waals surface area contributed by atoms with Crippen molar-refractivity contribution in [1.29, 1.82) is 0 Å². The number of ketones is 1. The molecule has 1 aliphatic heterocycles. The molecule has 3 rings (SSSR count). The number of ether oxygens (including phenoxy) is 1. The van der Waals surface area contributed by atoms with Gasteiger partial charge in [0.25, 0.3) is 5.91 Å². The number of rotatable bonds is 5. The third kappa shape index (κ3) is 4.03. The summed E-state index contributed by atoms with van der Waals surface area (Å²) >= 11 is 0. The Balaban J connectivity index is 2.05. The maximum atomic E-state index is 12.7. The van der Waals surface area contributed by atoms with Crippen molar-refractivity contribution in [2.75, 3.05) is 4.90 Å². The molecule has 0 aromatic heterocycles. The minimum absolute atomic E-state index is 0.0326. The third-order valence-corrected chi connectivity index (χ3v) is 4.39. The number of anilines is 1. The lowest BCUT2D eigenvalue weighted by molar-refractivity contribution is -0.274. The number of phenolic OH excluding ortho intramolecular Hbond substituents is 1. The van der Waals surface area contributed by atoms with Gasteiger partial charge in [0.15, 0.2) is 11.5 Å². The molecule has 0 spiro atoms. The molecule has 2 aromatic rings. The molecule has 1 amide bonds. The number of hydrogen-bond acceptors (Lipinski definition) is 5. The Hall–Kier alpha value is -3.49. The summed E-state index contributed by atoms with van der Waals surface area (Å²) in [5.74, 6) is -2.53. The normalized spacial score (nSPS) is 17.0. The van der Waals surface area contributed by atoms with Crippen molar-refractivity contribution in [3.63, 3.8) is 0 Å². The first-order chi connectivity index (χ1) is 13.6. The van der Waals surface area contributed by atoms with E-state index >= 15 is 0 Å². The molecule has 2 N–H and O–H groups in total. The summed E-state index contributed by atoms with van der Waals surface area (Å²) in [6, 6.07) is 9.21. The topological polar surface area (TPSA) is 87.1 Å². The van der Waals surface area contributed by atoms with Crippen LogP contribution in [0.3, 0.4) is 0 Å². The zero-order valence-corrected chi connectivity index (χ0v) is 15.1. The van der Waals surface area contributed by atoms with Crippen LogP contribution in [0.1, 0.15) is 24.9 Å². The second-order valence-corrected chi connectivity index (χ2v) is 6.25. The lowest BCUT2D eigenvalue weighted by Gasteiger charge is -2.27. The fraction of sp³-hybridized carbons (Fsp3) is 0.200. The molecule has 0 saturated heterocycles. The lowest BCUT2D eigenvalue weighted by atomic mass is 9.95. The molecule has 0 saturated carbocycles. The van der Waals surface area contributed by atoms with Gasteiger partial charge in [0, 0.05) is 12.1 Å². The second kappa shape index (κ2) is 7.50. The van der Waals surface area contributed by atoms with Crippen LogP contribution < -0.4 is 9.64 Å². The Bertz CT molecular complexity index is 965. The average Bonchev–Trinajstić information content (AvgIpc) is 2.92. The Morgan fingerprint density at radius 1 is 1.07 bits per heavy atom. The SMILES string of the molecule is CCC(=O)C1=C(O)C(=O)N(c2ccc(OC(F)(F)F)cc2)C1c1ccc(O)cc1. The molecule has 0 bridgehead atoms. The highest BCUT2D eigenvalue weighted by molar-refractivity contribution is 6.16. The van der Waals surface area contributed by atoms with Gasteiger partial charge in [0.05, 0.1) is 11.6 Å². The van der Waals surface area contributed by atoms with Gasteiger partial charge in [-0.1, -0.05) is 19.1 Å². The first-order valence-corrected chi connectivity index (χ1v) is 8.57. The predicted octanol–water partition coefficient (Wildman–Crippen LogP) is 4.17. The molecule has 1 atom stereocenters. The summed E-state index contributed by atoms with van der Waals surface area (Å²) in [4.78, 5) is 26.2. The van der Waals surface area contributed by atoms with Gasteiger partial charge in [0.1, 0.15) is 11.5 Å². The quantitative estimate of drug-likeness (QED) is 0.777. The Morgan fingerprint density at radius 2 is 1.66 bits per heavy atom. The summed E-state index contributed by atoms with van der Waals surface area (Å²) in [6.07, 6.45) is -4.83. The van der Waals surface area contributed by atoms with Gasteiger partial charge in [-0.05, 0) is 42.0 Å². The van der Waals surface area contributed by atoms with E-state index in [9.17, 15) is 33.0 Å². The molecule has 2 aromatic carbocycles. The van der Waals surface area contributed by atoms with Crippen LogP contribution in [-0.4, -0.2) is 28.3 Å². The van der Waals surface area contributed by atoms with E-state index < -0.39 is 35.6 Å². The summed E-state index contributed by atoms with van der Waals surface area (Å²) in [5, 5.41) is 19.8. The number of carbonyl (C=O) groups is 2. The van der Waals surface area contributed by atoms with Crippen LogP contribution in [0, 0.1) is 0 Å². The van der Waals surface area contributed by atoms with Crippen LogP contribution in [0.5, 0.6) is 11.5 Å². The van der Waals surface area contributed by atoms with Gasteiger partial charge in [-0.3, -0.25) is 14.5 Å². The van der Waals surface area contributed by atoms with E-state index in [2.05, 4.69) is 4.74 Å². The van der Waals surface area contributed by atoms with E-state index in [1.165, 1.54) is 36.4 Å². The van der Waals surface area contributed by atoms with Crippen LogP contribution in [0.15, 0.2) is 59.9 Å². The standard InChI is InChI=1S/C20H16F3NO5/c1-2-15(26)16-17(11-3-7-13(25)8-4-11)24(19(28)18(16)27)12-5-9-14(10-6-12)29-20(21,22)23/h3-10,17,25,27H,2H2,1H3. The number of halogens is 3. The monoisotopic (exact) mass is 407 g/mol. The molecular formula is C20H16F3NO5. The molecule has 0 aliphatic carbocycles. The summed E-state index contributed by atoms with van der Waals surface area (Å²) in [5.41, 5.74) is 0.486. The van der Waals surface area contributed by atoms with Crippen LogP contribution in [0.4, 0.5) is 18.9 Å². The average molecular weight is 407 g/mol. The highest BCUT2D eigenvalue weighted by Gasteiger charge is 2.43. The second-order valence-electron chi connectivity index (χ2n) is 6.25. The van der Waals surface area contributed by atoms with Gasteiger partial charge < -0.3 is 14.9 Å². The van der Waals surface area contributed by atoms with Crippen LogP contribution >= 0.6 is 0 Å². The number of aliphatic hydroxyl groups excluding tert-OH is 1. The highest BCUT2D eigenvalue weighted by Crippen LogP contribution is 2.42. The van der Waals surface area contributed by atoms with E-state index in [0.717, 1.165) is 17.0 Å². The van der Waals surface area contributed by atoms with Gasteiger partial charge in [-0.15, -0.1) is 13.2 Å². The van der Waals surface area contributed by atoms with Gasteiger partial charge in [-0.2, -0.15) is 0 Å². The Kier molecular flexibility index (Phi) is 5.23. The number of aliphatic hydroxyl groups is 1. The van der Waals surface area contributed by atoms with E-state index in [1.54, 1.807) is 6.92 Å². The van der Waals surface area contributed by atoms with E-state index in [-0.39, 0.29) is 23.4 Å². The van der Waals surface area contributed by atoms with Crippen molar-refractivity contribution < 1.29 is 37.7 Å². The Morgan fingerprint density at radius 3 is 2.17 bits per heavy atom. The molecule has 1 unspecified atom stereocenters. The molecular weight excluding hydrogens is 391 g/mol. The van der Waals surface area contributed by atoms with Crippen LogP contribution in [-0.2, 0) is 9.59 Å². The number of phenols is 1. The Labute approximate surface area is 163 Å². The fourth-order valence-electron chi connectivity index (χ4n) is 3.13. The molecule has 6 nitrogen and oxygen atoms in total. The van der Waals surface area contributed by atoms with Crippen molar-refractivity contribution in [3.8, 4) is 11.5 Å². The number of nitrogens with zero attached hydrogens (tertiary/aromatic N) is 1. The molecule has 0 radical (unpaired) electrons. The minimum atomic E-state index is -4.86. The van der Waals surface area contributed by atoms with Crippen molar-refractivity contribution >= 4 is 17.4 Å². The number of Topliss-reactive ketones (excluding diaryl/α,β-unsaturated/α-hetero) is 1. The van der Waals surface area contributed by atoms with Gasteiger partial charge >= 0.3 is 6.36 Å². The minimum Gasteiger partial charge on any atom is -0.508 e. The molecule has 1 aliphatic rings. The van der Waals surface area contributed by atoms with Crippen molar-refractivity contribution in [3.05, 3.63) is 65.4 Å². The maximum absolute atomic E-state index is 12.7. The summed E-state index contributed by atoms with van der Waals surface area (Å²) < 4.78 is 40.9. The van der Waals surface area contributed by atoms with E-state index in [1.807, 2.05) is 0 Å². The van der Waals surface area contributed by atoms with Crippen molar-refractivity contribution in [2.45, 2.75) is 25.7 Å². The molecule has 29 heavy (non-hydrogen) atoms.